The summed E-state index contributed by atoms with van der Waals surface area (Å²) in [7, 11) is 0. The number of nitrogens with two attached hydrogens (primary N) is 1. The largest absolute Gasteiger partial charge is 0.480 e. The van der Waals surface area contributed by atoms with Crippen LogP contribution in [0.15, 0.2) is 0 Å². The van der Waals surface area contributed by atoms with Crippen molar-refractivity contribution in [1.82, 2.24) is 0 Å². The second-order valence-electron chi connectivity index (χ2n) is 3.84. The summed E-state index contributed by atoms with van der Waals surface area (Å²) in [6.45, 7) is 3.89. The Balaban J connectivity index is 0. The van der Waals surface area contributed by atoms with Crippen LogP contribution in [0.4, 0.5) is 0 Å². The second kappa shape index (κ2) is 8.75. The summed E-state index contributed by atoms with van der Waals surface area (Å²) in [5, 5.41) is 23.8. The zero-order chi connectivity index (χ0) is 15.7. The van der Waals surface area contributed by atoms with E-state index >= 15 is 0 Å². The molecule has 1 atom stereocenters. The molecule has 0 aromatic carbocycles. The molecule has 0 aromatic rings. The van der Waals surface area contributed by atoms with Gasteiger partial charge in [0.05, 0.1) is 0 Å². The highest BCUT2D eigenvalue weighted by molar-refractivity contribution is 6.75. The van der Waals surface area contributed by atoms with Gasteiger partial charge in [-0.25, -0.2) is 9.59 Å². The minimum atomic E-state index is -2.06. The molecule has 0 aliphatic rings. The lowest BCUT2D eigenvalue weighted by atomic mass is 10.1. The van der Waals surface area contributed by atoms with E-state index in [9.17, 15) is 24.0 Å². The minimum absolute atomic E-state index is 0.357. The van der Waals surface area contributed by atoms with Crippen LogP contribution in [0.3, 0.4) is 0 Å². The van der Waals surface area contributed by atoms with Crippen LogP contribution < -0.4 is 5.73 Å². The zero-order valence-electron chi connectivity index (χ0n) is 10.3. The third-order valence-electron chi connectivity index (χ3n) is 1.64. The van der Waals surface area contributed by atoms with Gasteiger partial charge in [0.15, 0.2) is 0 Å². The monoisotopic (exact) mass is 277 g/mol. The Hall–Kier alpha value is -2.29. The summed E-state index contributed by atoms with van der Waals surface area (Å²) in [5.74, 6) is -8.56. The van der Waals surface area contributed by atoms with Gasteiger partial charge in [-0.3, -0.25) is 14.4 Å². The Bertz CT molecular complexity index is 363. The molecule has 0 aliphatic heterocycles. The van der Waals surface area contributed by atoms with E-state index in [1.807, 2.05) is 13.8 Å². The van der Waals surface area contributed by atoms with Gasteiger partial charge in [-0.1, -0.05) is 13.8 Å². The molecule has 9 nitrogen and oxygen atoms in total. The summed E-state index contributed by atoms with van der Waals surface area (Å²) in [6, 6.07) is -0.690. The van der Waals surface area contributed by atoms with Crippen molar-refractivity contribution in [1.29, 1.82) is 0 Å². The van der Waals surface area contributed by atoms with Crippen molar-refractivity contribution in [2.75, 3.05) is 0 Å². The van der Waals surface area contributed by atoms with Crippen molar-refractivity contribution in [2.24, 2.45) is 11.7 Å². The zero-order valence-corrected chi connectivity index (χ0v) is 10.3. The Morgan fingerprint density at radius 3 is 1.32 bits per heavy atom. The number of aliphatic carboxylic acids is 3. The van der Waals surface area contributed by atoms with E-state index in [1.165, 1.54) is 0 Å². The van der Waals surface area contributed by atoms with Crippen LogP contribution in [0.1, 0.15) is 20.3 Å². The molecular formula is C10H15NO8. The maximum Gasteiger partial charge on any atom is 0.381 e. The molecule has 0 aliphatic carbocycles. The van der Waals surface area contributed by atoms with Crippen LogP contribution in [0.2, 0.25) is 0 Å². The fraction of sp³-hybridized carbons (Fsp3) is 0.500. The van der Waals surface area contributed by atoms with E-state index in [0.717, 1.165) is 0 Å². The molecule has 0 spiro atoms. The molecular weight excluding hydrogens is 262 g/mol. The predicted molar refractivity (Wildman–Crippen MR) is 60.4 cm³/mol. The highest BCUT2D eigenvalue weighted by atomic mass is 16.4. The molecule has 5 N–H and O–H groups in total. The topological polar surface area (TPSA) is 172 Å². The number of rotatable bonds is 6. The molecule has 0 saturated heterocycles. The maximum atomic E-state index is 10.1. The van der Waals surface area contributed by atoms with Crippen molar-refractivity contribution in [3.63, 3.8) is 0 Å². The van der Waals surface area contributed by atoms with Gasteiger partial charge in [0.1, 0.15) is 6.04 Å². The van der Waals surface area contributed by atoms with Gasteiger partial charge in [-0.15, -0.1) is 0 Å². The summed E-state index contributed by atoms with van der Waals surface area (Å²) < 4.78 is 0. The van der Waals surface area contributed by atoms with Gasteiger partial charge in [0, 0.05) is 0 Å². The number of hydrogen-bond acceptors (Lipinski definition) is 6. The van der Waals surface area contributed by atoms with Crippen LogP contribution in [-0.4, -0.2) is 50.8 Å². The van der Waals surface area contributed by atoms with E-state index < -0.39 is 35.5 Å². The molecule has 19 heavy (non-hydrogen) atoms. The van der Waals surface area contributed by atoms with Crippen LogP contribution in [0, 0.1) is 5.92 Å². The SMILES string of the molecule is CC(C)C[C@H](N)C(=O)O.O=C(O)C(=O)C(=O)C(=O)O. The summed E-state index contributed by atoms with van der Waals surface area (Å²) in [6.07, 6.45) is 0.551. The van der Waals surface area contributed by atoms with E-state index in [1.54, 1.807) is 0 Å². The average Bonchev–Trinajstić information content (AvgIpc) is 2.26. The Kier molecular flexibility index (Phi) is 8.78. The minimum Gasteiger partial charge on any atom is -0.480 e. The number of hydrogen-bond donors (Lipinski definition) is 4. The van der Waals surface area contributed by atoms with Gasteiger partial charge < -0.3 is 21.1 Å². The van der Waals surface area contributed by atoms with Gasteiger partial charge in [-0.05, 0) is 12.3 Å². The fourth-order valence-electron chi connectivity index (χ4n) is 0.803. The second-order valence-corrected chi connectivity index (χ2v) is 3.84. The lowest BCUT2D eigenvalue weighted by Gasteiger charge is -2.07. The van der Waals surface area contributed by atoms with E-state index in [0.29, 0.717) is 12.3 Å². The highest BCUT2D eigenvalue weighted by Gasteiger charge is 2.27. The molecule has 9 heteroatoms. The van der Waals surface area contributed by atoms with Gasteiger partial charge >= 0.3 is 29.5 Å². The van der Waals surface area contributed by atoms with Crippen molar-refractivity contribution in [3.8, 4) is 0 Å². The van der Waals surface area contributed by atoms with Crippen molar-refractivity contribution < 1.29 is 39.3 Å². The Labute approximate surface area is 108 Å². The molecule has 0 saturated carbocycles. The average molecular weight is 277 g/mol. The smallest absolute Gasteiger partial charge is 0.381 e. The number of carbonyl (C=O) groups excluding carboxylic acids is 2. The first-order valence-electron chi connectivity index (χ1n) is 5.03. The van der Waals surface area contributed by atoms with Crippen molar-refractivity contribution in [2.45, 2.75) is 26.3 Å². The molecule has 0 heterocycles. The standard InChI is InChI=1S/C6H13NO2.C4H2O6/c1-4(2)3-5(7)6(8)9;5-1(3(7)8)2(6)4(9)10/h4-5H,3,7H2,1-2H3,(H,8,9);(H,7,8)(H,9,10)/t5-;/m0./s1. The molecule has 0 rings (SSSR count). The quantitative estimate of drug-likeness (QED) is 0.341. The summed E-state index contributed by atoms with van der Waals surface area (Å²) in [5.41, 5.74) is 5.22. The molecule has 0 amide bonds. The van der Waals surface area contributed by atoms with Crippen LogP contribution in [0.5, 0.6) is 0 Å². The van der Waals surface area contributed by atoms with Gasteiger partial charge in [0.2, 0.25) is 0 Å². The number of carbonyl (C=O) groups is 5. The van der Waals surface area contributed by atoms with E-state index in [2.05, 4.69) is 0 Å². The van der Waals surface area contributed by atoms with Crippen LogP contribution >= 0.6 is 0 Å². The summed E-state index contributed by atoms with van der Waals surface area (Å²) >= 11 is 0. The van der Waals surface area contributed by atoms with Gasteiger partial charge in [0.25, 0.3) is 0 Å². The number of ketones is 2. The van der Waals surface area contributed by atoms with Crippen molar-refractivity contribution in [3.05, 3.63) is 0 Å². The Morgan fingerprint density at radius 1 is 0.895 bits per heavy atom. The lowest BCUT2D eigenvalue weighted by molar-refractivity contribution is -0.159. The first-order valence-corrected chi connectivity index (χ1v) is 5.03. The molecule has 0 radical (unpaired) electrons. The van der Waals surface area contributed by atoms with Gasteiger partial charge in [-0.2, -0.15) is 0 Å². The summed E-state index contributed by atoms with van der Waals surface area (Å²) in [4.78, 5) is 49.2. The van der Waals surface area contributed by atoms with E-state index in [4.69, 9.17) is 21.1 Å². The third kappa shape index (κ3) is 9.41. The molecule has 108 valence electrons. The molecule has 0 unspecified atom stereocenters. The normalized spacial score (nSPS) is 10.9. The highest BCUT2D eigenvalue weighted by Crippen LogP contribution is 2.01. The lowest BCUT2D eigenvalue weighted by Crippen LogP contribution is -2.31. The van der Waals surface area contributed by atoms with Crippen LogP contribution in [-0.2, 0) is 24.0 Å². The molecule has 0 aromatic heterocycles. The number of carboxylic acid groups (broad SMARTS) is 3. The first kappa shape index (κ1) is 19.1. The predicted octanol–water partition coefficient (Wildman–Crippen LogP) is -1.26. The third-order valence-corrected chi connectivity index (χ3v) is 1.64. The molecule has 0 fully saturated rings. The number of carboxylic acids is 3. The number of Topliss-reactive ketones (excluding diaryl/α,β-unsaturated/α-hetero) is 2. The Morgan fingerprint density at radius 2 is 1.21 bits per heavy atom. The van der Waals surface area contributed by atoms with Crippen LogP contribution in [0.25, 0.3) is 0 Å². The van der Waals surface area contributed by atoms with E-state index in [-0.39, 0.29) is 0 Å². The maximum absolute atomic E-state index is 10.1. The molecule has 0 bridgehead atoms. The first-order chi connectivity index (χ1) is 8.50. The fourth-order valence-corrected chi connectivity index (χ4v) is 0.803. The van der Waals surface area contributed by atoms with Crippen molar-refractivity contribution >= 4 is 29.5 Å².